The summed E-state index contributed by atoms with van der Waals surface area (Å²) in [4.78, 5) is 26.0. The summed E-state index contributed by atoms with van der Waals surface area (Å²) in [5.41, 5.74) is 0.989. The predicted molar refractivity (Wildman–Crippen MR) is 103 cm³/mol. The van der Waals surface area contributed by atoms with Crippen molar-refractivity contribution in [2.45, 2.75) is 12.7 Å². The summed E-state index contributed by atoms with van der Waals surface area (Å²) >= 11 is 5.81. The smallest absolute Gasteiger partial charge is 0.410 e. The first kappa shape index (κ1) is 20.9. The number of ether oxygens (including phenoxy) is 2. The van der Waals surface area contributed by atoms with E-state index in [0.717, 1.165) is 0 Å². The quantitative estimate of drug-likeness (QED) is 0.773. The van der Waals surface area contributed by atoms with Crippen molar-refractivity contribution in [1.82, 2.24) is 10.2 Å². The van der Waals surface area contributed by atoms with Crippen molar-refractivity contribution in [3.63, 3.8) is 0 Å². The van der Waals surface area contributed by atoms with Gasteiger partial charge in [0.1, 0.15) is 18.2 Å². The Bertz CT molecular complexity index is 878. The lowest BCUT2D eigenvalue weighted by Crippen LogP contribution is -2.49. The second-order valence-corrected chi connectivity index (χ2v) is 6.90. The maximum Gasteiger partial charge on any atom is 0.410 e. The highest BCUT2D eigenvalue weighted by Gasteiger charge is 2.25. The highest BCUT2D eigenvalue weighted by Crippen LogP contribution is 2.23. The Morgan fingerprint density at radius 3 is 2.76 bits per heavy atom. The van der Waals surface area contributed by atoms with E-state index in [9.17, 15) is 19.1 Å². The molecule has 7 nitrogen and oxygen atoms in total. The summed E-state index contributed by atoms with van der Waals surface area (Å²) < 4.78 is 23.8. The Balaban J connectivity index is 1.46. The average molecular weight is 423 g/mol. The third-order valence-electron chi connectivity index (χ3n) is 4.37. The fraction of sp³-hybridized carbons (Fsp3) is 0.300. The van der Waals surface area contributed by atoms with Crippen molar-refractivity contribution in [1.29, 1.82) is 0 Å². The molecule has 1 aliphatic heterocycles. The molecule has 1 aliphatic rings. The van der Waals surface area contributed by atoms with E-state index in [2.05, 4.69) is 5.32 Å². The molecule has 9 heteroatoms. The van der Waals surface area contributed by atoms with Crippen molar-refractivity contribution < 1.29 is 28.6 Å². The van der Waals surface area contributed by atoms with E-state index in [4.69, 9.17) is 21.1 Å². The third-order valence-corrected chi connectivity index (χ3v) is 4.68. The van der Waals surface area contributed by atoms with Gasteiger partial charge in [-0.2, -0.15) is 0 Å². The van der Waals surface area contributed by atoms with Crippen LogP contribution in [0.15, 0.2) is 42.5 Å². The minimum absolute atomic E-state index is 0.0412. The number of morpholine rings is 1. The topological polar surface area (TPSA) is 88.1 Å². The highest BCUT2D eigenvalue weighted by molar-refractivity contribution is 6.32. The van der Waals surface area contributed by atoms with E-state index in [1.807, 2.05) is 0 Å². The number of halogens is 2. The van der Waals surface area contributed by atoms with Crippen LogP contribution in [0.4, 0.5) is 9.18 Å². The lowest BCUT2D eigenvalue weighted by atomic mass is 10.2. The van der Waals surface area contributed by atoms with Crippen molar-refractivity contribution in [2.24, 2.45) is 0 Å². The molecule has 29 heavy (non-hydrogen) atoms. The molecule has 2 N–H and O–H groups in total. The molecule has 0 spiro atoms. The van der Waals surface area contributed by atoms with E-state index < -0.39 is 12.2 Å². The molecule has 0 saturated carbocycles. The van der Waals surface area contributed by atoms with Gasteiger partial charge in [0.05, 0.1) is 24.3 Å². The maximum atomic E-state index is 12.9. The summed E-state index contributed by atoms with van der Waals surface area (Å²) in [7, 11) is 0. The van der Waals surface area contributed by atoms with Crippen molar-refractivity contribution >= 4 is 23.6 Å². The van der Waals surface area contributed by atoms with Gasteiger partial charge in [-0.15, -0.1) is 0 Å². The molecule has 2 aromatic rings. The Labute approximate surface area is 172 Å². The lowest BCUT2D eigenvalue weighted by Gasteiger charge is -2.32. The van der Waals surface area contributed by atoms with Crippen molar-refractivity contribution in [2.75, 3.05) is 26.2 Å². The standard InChI is InChI=1S/C20H20ClFN2O5/c21-17-9-14(3-6-18(17)25)19(26)23-10-16-11-24(7-8-28-16)20(27)29-12-13-1-4-15(22)5-2-13/h1-6,9,16,25H,7-8,10-12H2,(H,23,26)/t16-/m1/s1. The number of nitrogens with zero attached hydrogens (tertiary/aromatic N) is 1. The fourth-order valence-corrected chi connectivity index (χ4v) is 2.96. The van der Waals surface area contributed by atoms with E-state index in [1.54, 1.807) is 12.1 Å². The van der Waals surface area contributed by atoms with Crippen LogP contribution >= 0.6 is 11.6 Å². The van der Waals surface area contributed by atoms with Gasteiger partial charge in [-0.05, 0) is 35.9 Å². The summed E-state index contributed by atoms with van der Waals surface area (Å²) in [6.07, 6.45) is -0.891. The van der Waals surface area contributed by atoms with E-state index >= 15 is 0 Å². The Morgan fingerprint density at radius 1 is 1.28 bits per heavy atom. The van der Waals surface area contributed by atoms with Crippen LogP contribution in [0, 0.1) is 5.82 Å². The molecule has 1 saturated heterocycles. The fourth-order valence-electron chi connectivity index (χ4n) is 2.78. The predicted octanol–water partition coefficient (Wildman–Crippen LogP) is 2.95. The van der Waals surface area contributed by atoms with Gasteiger partial charge in [-0.25, -0.2) is 9.18 Å². The van der Waals surface area contributed by atoms with Crippen molar-refractivity contribution in [3.8, 4) is 5.75 Å². The summed E-state index contributed by atoms with van der Waals surface area (Å²) in [6, 6.07) is 9.87. The number of carbonyl (C=O) groups excluding carboxylic acids is 2. The van der Waals surface area contributed by atoms with Gasteiger partial charge in [-0.1, -0.05) is 23.7 Å². The van der Waals surface area contributed by atoms with Gasteiger partial charge in [0.2, 0.25) is 0 Å². The zero-order chi connectivity index (χ0) is 20.8. The largest absolute Gasteiger partial charge is 0.506 e. The number of carbonyl (C=O) groups is 2. The number of rotatable bonds is 5. The SMILES string of the molecule is O=C(NC[C@@H]1CN(C(=O)OCc2ccc(F)cc2)CCO1)c1ccc(O)c(Cl)c1. The van der Waals surface area contributed by atoms with Gasteiger partial charge >= 0.3 is 6.09 Å². The lowest BCUT2D eigenvalue weighted by molar-refractivity contribution is -0.0263. The normalized spacial score (nSPS) is 16.3. The Hall–Kier alpha value is -2.84. The minimum atomic E-state index is -0.501. The van der Waals surface area contributed by atoms with Crippen LogP contribution < -0.4 is 5.32 Å². The summed E-state index contributed by atoms with van der Waals surface area (Å²) in [5, 5.41) is 12.2. The van der Waals surface area contributed by atoms with Gasteiger partial charge in [-0.3, -0.25) is 4.79 Å². The summed E-state index contributed by atoms with van der Waals surface area (Å²) in [6.45, 7) is 1.19. The van der Waals surface area contributed by atoms with Crippen LogP contribution in [0.25, 0.3) is 0 Å². The number of amides is 2. The molecule has 1 atom stereocenters. The molecular weight excluding hydrogens is 403 g/mol. The van der Waals surface area contributed by atoms with Gasteiger partial charge in [0.25, 0.3) is 5.91 Å². The molecule has 2 amide bonds. The average Bonchev–Trinajstić information content (AvgIpc) is 2.73. The molecule has 1 heterocycles. The third kappa shape index (κ3) is 5.82. The molecule has 0 bridgehead atoms. The minimum Gasteiger partial charge on any atom is -0.506 e. The van der Waals surface area contributed by atoms with Crippen LogP contribution in [0.3, 0.4) is 0 Å². The number of hydrogen-bond donors (Lipinski definition) is 2. The van der Waals surface area contributed by atoms with Gasteiger partial charge in [0.15, 0.2) is 0 Å². The molecule has 2 aromatic carbocycles. The van der Waals surface area contributed by atoms with Crippen molar-refractivity contribution in [3.05, 3.63) is 64.4 Å². The zero-order valence-corrected chi connectivity index (χ0v) is 16.2. The highest BCUT2D eigenvalue weighted by atomic mass is 35.5. The van der Waals surface area contributed by atoms with Crippen LogP contribution in [0.2, 0.25) is 5.02 Å². The first-order valence-electron chi connectivity index (χ1n) is 8.97. The van der Waals surface area contributed by atoms with Crippen LogP contribution in [-0.2, 0) is 16.1 Å². The zero-order valence-electron chi connectivity index (χ0n) is 15.4. The van der Waals surface area contributed by atoms with Gasteiger partial charge in [0, 0.05) is 18.7 Å². The molecule has 0 unspecified atom stereocenters. The monoisotopic (exact) mass is 422 g/mol. The number of hydrogen-bond acceptors (Lipinski definition) is 5. The Morgan fingerprint density at radius 2 is 2.03 bits per heavy atom. The maximum absolute atomic E-state index is 12.9. The first-order chi connectivity index (χ1) is 13.9. The number of aromatic hydroxyl groups is 1. The molecule has 0 aliphatic carbocycles. The van der Waals surface area contributed by atoms with E-state index in [1.165, 1.54) is 35.2 Å². The van der Waals surface area contributed by atoms with Crippen LogP contribution in [0.1, 0.15) is 15.9 Å². The van der Waals surface area contributed by atoms with E-state index in [-0.39, 0.29) is 42.2 Å². The number of phenols is 1. The molecular formula is C20H20ClFN2O5. The molecule has 1 fully saturated rings. The van der Waals surface area contributed by atoms with Crippen LogP contribution in [-0.4, -0.2) is 54.4 Å². The molecule has 154 valence electrons. The second kappa shape index (κ2) is 9.58. The van der Waals surface area contributed by atoms with Gasteiger partial charge < -0.3 is 24.8 Å². The number of nitrogens with one attached hydrogen (secondary N) is 1. The van der Waals surface area contributed by atoms with Crippen LogP contribution in [0.5, 0.6) is 5.75 Å². The molecule has 0 radical (unpaired) electrons. The van der Waals surface area contributed by atoms with E-state index in [0.29, 0.717) is 24.3 Å². The molecule has 0 aromatic heterocycles. The number of benzene rings is 2. The second-order valence-electron chi connectivity index (χ2n) is 6.50. The first-order valence-corrected chi connectivity index (χ1v) is 9.34. The number of phenolic OH excluding ortho intramolecular Hbond substituents is 1. The summed E-state index contributed by atoms with van der Waals surface area (Å²) in [5.74, 6) is -0.826. The molecule has 3 rings (SSSR count). The Kier molecular flexibility index (Phi) is 6.90.